The third-order valence-electron chi connectivity index (χ3n) is 4.09. The lowest BCUT2D eigenvalue weighted by Gasteiger charge is -2.21. The van der Waals surface area contributed by atoms with E-state index in [0.29, 0.717) is 18.9 Å². The summed E-state index contributed by atoms with van der Waals surface area (Å²) in [5, 5.41) is 0. The molecule has 0 aliphatic rings. The van der Waals surface area contributed by atoms with E-state index >= 15 is 0 Å². The van der Waals surface area contributed by atoms with Crippen molar-refractivity contribution in [2.75, 3.05) is 13.2 Å². The maximum atomic E-state index is 13.5. The molecule has 0 aliphatic carbocycles. The molecule has 0 aliphatic heterocycles. The van der Waals surface area contributed by atoms with Crippen molar-refractivity contribution in [3.63, 3.8) is 0 Å². The molecular formula is C20H26FNO. The van der Waals surface area contributed by atoms with Crippen LogP contribution in [0.25, 0.3) is 0 Å². The standard InChI is InChI=1S/C20H26FNO/c1-20(2,3)17-10-8-15(9-11-17)16(14-22)12-13-23-19-7-5-4-6-18(19)21/h4-11,16H,12-14,22H2,1-3H3. The normalized spacial score (nSPS) is 12.9. The molecule has 3 heteroatoms. The quantitative estimate of drug-likeness (QED) is 0.843. The Hall–Kier alpha value is -1.87. The van der Waals surface area contributed by atoms with Crippen LogP contribution in [-0.2, 0) is 5.41 Å². The molecule has 2 aromatic rings. The maximum Gasteiger partial charge on any atom is 0.165 e. The molecule has 2 nitrogen and oxygen atoms in total. The third kappa shape index (κ3) is 4.80. The molecule has 0 amide bonds. The SMILES string of the molecule is CC(C)(C)c1ccc(C(CN)CCOc2ccccc2F)cc1. The summed E-state index contributed by atoms with van der Waals surface area (Å²) in [6.45, 7) is 7.60. The minimum atomic E-state index is -0.327. The van der Waals surface area contributed by atoms with Crippen LogP contribution >= 0.6 is 0 Å². The highest BCUT2D eigenvalue weighted by molar-refractivity contribution is 5.30. The molecule has 1 atom stereocenters. The van der Waals surface area contributed by atoms with E-state index < -0.39 is 0 Å². The number of hydrogen-bond donors (Lipinski definition) is 1. The second-order valence-electron chi connectivity index (χ2n) is 6.87. The van der Waals surface area contributed by atoms with Crippen molar-refractivity contribution >= 4 is 0 Å². The van der Waals surface area contributed by atoms with Crippen molar-refractivity contribution in [1.29, 1.82) is 0 Å². The van der Waals surface area contributed by atoms with E-state index in [1.54, 1.807) is 18.2 Å². The van der Waals surface area contributed by atoms with Crippen LogP contribution in [0.5, 0.6) is 5.75 Å². The first-order valence-electron chi connectivity index (χ1n) is 8.09. The Morgan fingerprint density at radius 2 is 1.70 bits per heavy atom. The lowest BCUT2D eigenvalue weighted by molar-refractivity contribution is 0.284. The summed E-state index contributed by atoms with van der Waals surface area (Å²) in [6.07, 6.45) is 0.764. The van der Waals surface area contributed by atoms with Crippen LogP contribution in [0.3, 0.4) is 0 Å². The Kier molecular flexibility index (Phi) is 5.78. The van der Waals surface area contributed by atoms with Crippen LogP contribution in [0.4, 0.5) is 4.39 Å². The van der Waals surface area contributed by atoms with Crippen LogP contribution in [0, 0.1) is 5.82 Å². The molecule has 1 unspecified atom stereocenters. The molecule has 0 aromatic heterocycles. The highest BCUT2D eigenvalue weighted by Crippen LogP contribution is 2.26. The lowest BCUT2D eigenvalue weighted by atomic mass is 9.85. The first-order valence-corrected chi connectivity index (χ1v) is 8.09. The smallest absolute Gasteiger partial charge is 0.165 e. The molecule has 23 heavy (non-hydrogen) atoms. The molecule has 2 aromatic carbocycles. The summed E-state index contributed by atoms with van der Waals surface area (Å²) < 4.78 is 19.1. The average Bonchev–Trinajstić information content (AvgIpc) is 2.52. The van der Waals surface area contributed by atoms with Crippen molar-refractivity contribution < 1.29 is 9.13 Å². The van der Waals surface area contributed by atoms with E-state index in [2.05, 4.69) is 45.0 Å². The second kappa shape index (κ2) is 7.60. The Bertz CT molecular complexity index is 616. The van der Waals surface area contributed by atoms with Gasteiger partial charge in [0, 0.05) is 0 Å². The minimum absolute atomic E-state index is 0.144. The summed E-state index contributed by atoms with van der Waals surface area (Å²) in [5.41, 5.74) is 8.56. The summed E-state index contributed by atoms with van der Waals surface area (Å²) >= 11 is 0. The summed E-state index contributed by atoms with van der Waals surface area (Å²) in [7, 11) is 0. The first kappa shape index (κ1) is 17.5. The van der Waals surface area contributed by atoms with Gasteiger partial charge in [0.15, 0.2) is 11.6 Å². The van der Waals surface area contributed by atoms with Crippen LogP contribution in [0.2, 0.25) is 0 Å². The number of nitrogens with two attached hydrogens (primary N) is 1. The van der Waals surface area contributed by atoms with E-state index in [1.807, 2.05) is 0 Å². The maximum absolute atomic E-state index is 13.5. The molecule has 0 radical (unpaired) electrons. The van der Waals surface area contributed by atoms with Gasteiger partial charge in [0.1, 0.15) is 0 Å². The fourth-order valence-electron chi connectivity index (χ4n) is 2.55. The first-order chi connectivity index (χ1) is 10.9. The van der Waals surface area contributed by atoms with Gasteiger partial charge in [-0.2, -0.15) is 0 Å². The van der Waals surface area contributed by atoms with Crippen LogP contribution in [-0.4, -0.2) is 13.2 Å². The van der Waals surface area contributed by atoms with E-state index in [-0.39, 0.29) is 17.2 Å². The molecule has 2 rings (SSSR count). The van der Waals surface area contributed by atoms with Crippen molar-refractivity contribution in [3.8, 4) is 5.75 Å². The van der Waals surface area contributed by atoms with Gasteiger partial charge in [0.05, 0.1) is 6.61 Å². The van der Waals surface area contributed by atoms with Crippen LogP contribution in [0.15, 0.2) is 48.5 Å². The van der Waals surface area contributed by atoms with Gasteiger partial charge in [-0.1, -0.05) is 57.2 Å². The summed E-state index contributed by atoms with van der Waals surface area (Å²) in [5.74, 6) is 0.188. The zero-order valence-electron chi connectivity index (χ0n) is 14.2. The van der Waals surface area contributed by atoms with Gasteiger partial charge in [-0.15, -0.1) is 0 Å². The number of para-hydroxylation sites is 1. The predicted octanol–water partition coefficient (Wildman–Crippen LogP) is 4.63. The Morgan fingerprint density at radius 1 is 1.04 bits per heavy atom. The molecule has 0 bridgehead atoms. The van der Waals surface area contributed by atoms with Gasteiger partial charge in [-0.05, 0) is 47.6 Å². The predicted molar refractivity (Wildman–Crippen MR) is 93.4 cm³/mol. The summed E-state index contributed by atoms with van der Waals surface area (Å²) in [6, 6.07) is 15.1. The molecule has 0 fully saturated rings. The lowest BCUT2D eigenvalue weighted by Crippen LogP contribution is -2.16. The fourth-order valence-corrected chi connectivity index (χ4v) is 2.55. The van der Waals surface area contributed by atoms with E-state index in [0.717, 1.165) is 6.42 Å². The largest absolute Gasteiger partial charge is 0.490 e. The van der Waals surface area contributed by atoms with Gasteiger partial charge in [0.25, 0.3) is 0 Å². The molecule has 2 N–H and O–H groups in total. The zero-order chi connectivity index (χ0) is 16.9. The van der Waals surface area contributed by atoms with Gasteiger partial charge in [-0.3, -0.25) is 0 Å². The third-order valence-corrected chi connectivity index (χ3v) is 4.09. The molecule has 0 heterocycles. The number of hydrogen-bond acceptors (Lipinski definition) is 2. The van der Waals surface area contributed by atoms with E-state index in [4.69, 9.17) is 10.5 Å². The minimum Gasteiger partial charge on any atom is -0.490 e. The number of benzene rings is 2. The molecule has 0 saturated heterocycles. The average molecular weight is 315 g/mol. The van der Waals surface area contributed by atoms with E-state index in [1.165, 1.54) is 17.2 Å². The highest BCUT2D eigenvalue weighted by atomic mass is 19.1. The Balaban J connectivity index is 1.96. The van der Waals surface area contributed by atoms with Gasteiger partial charge in [0.2, 0.25) is 0 Å². The monoisotopic (exact) mass is 315 g/mol. The van der Waals surface area contributed by atoms with Gasteiger partial charge in [-0.25, -0.2) is 4.39 Å². The van der Waals surface area contributed by atoms with Gasteiger partial charge < -0.3 is 10.5 Å². The fraction of sp³-hybridized carbons (Fsp3) is 0.400. The molecular weight excluding hydrogens is 289 g/mol. The summed E-state index contributed by atoms with van der Waals surface area (Å²) in [4.78, 5) is 0. The van der Waals surface area contributed by atoms with Crippen LogP contribution < -0.4 is 10.5 Å². The zero-order valence-corrected chi connectivity index (χ0v) is 14.2. The van der Waals surface area contributed by atoms with E-state index in [9.17, 15) is 4.39 Å². The number of rotatable bonds is 6. The molecule has 0 saturated carbocycles. The number of halogens is 1. The van der Waals surface area contributed by atoms with Crippen molar-refractivity contribution in [1.82, 2.24) is 0 Å². The van der Waals surface area contributed by atoms with Crippen LogP contribution in [0.1, 0.15) is 44.2 Å². The Morgan fingerprint density at radius 3 is 2.26 bits per heavy atom. The Labute approximate surface area is 138 Å². The van der Waals surface area contributed by atoms with Crippen molar-refractivity contribution in [2.45, 2.75) is 38.5 Å². The number of ether oxygens (including phenoxy) is 1. The van der Waals surface area contributed by atoms with Crippen molar-refractivity contribution in [3.05, 3.63) is 65.5 Å². The molecule has 124 valence electrons. The van der Waals surface area contributed by atoms with Gasteiger partial charge >= 0.3 is 0 Å². The second-order valence-corrected chi connectivity index (χ2v) is 6.87. The topological polar surface area (TPSA) is 35.2 Å². The van der Waals surface area contributed by atoms with Crippen molar-refractivity contribution in [2.24, 2.45) is 5.73 Å². The highest BCUT2D eigenvalue weighted by Gasteiger charge is 2.15. The molecule has 0 spiro atoms.